The quantitative estimate of drug-likeness (QED) is 0.690. The Morgan fingerprint density at radius 3 is 2.60 bits per heavy atom. The Bertz CT molecular complexity index is 898. The van der Waals surface area contributed by atoms with Gasteiger partial charge in [-0.3, -0.25) is 0 Å². The Morgan fingerprint density at radius 1 is 1.24 bits per heavy atom. The van der Waals surface area contributed by atoms with Crippen LogP contribution in [0.3, 0.4) is 0 Å². The highest BCUT2D eigenvalue weighted by Gasteiger charge is 2.09. The van der Waals surface area contributed by atoms with Crippen LogP contribution in [0.5, 0.6) is 5.75 Å². The van der Waals surface area contributed by atoms with E-state index in [1.165, 1.54) is 10.6 Å². The first-order valence-electron chi connectivity index (χ1n) is 8.26. The van der Waals surface area contributed by atoms with Crippen molar-refractivity contribution in [2.45, 2.75) is 27.2 Å². The Hall–Kier alpha value is -2.89. The zero-order chi connectivity index (χ0) is 18.0. The average molecular weight is 338 g/mol. The molecule has 0 N–H and O–H groups in total. The highest BCUT2D eigenvalue weighted by Crippen LogP contribution is 2.23. The van der Waals surface area contributed by atoms with Crippen LogP contribution in [-0.4, -0.2) is 27.2 Å². The Kier molecular flexibility index (Phi) is 4.70. The SMILES string of the molecule is Cc1cc(-c2ccc(OCCC(C)C)cc2)nc2cc(C(=O)[O-])nn12. The topological polar surface area (TPSA) is 79.5 Å². The van der Waals surface area contributed by atoms with E-state index in [0.29, 0.717) is 18.2 Å². The number of hydrogen-bond acceptors (Lipinski definition) is 5. The Labute approximate surface area is 146 Å². The fourth-order valence-electron chi connectivity index (χ4n) is 2.51. The van der Waals surface area contributed by atoms with E-state index in [1.807, 2.05) is 37.3 Å². The molecule has 25 heavy (non-hydrogen) atoms. The molecule has 6 heteroatoms. The summed E-state index contributed by atoms with van der Waals surface area (Å²) in [7, 11) is 0. The first-order valence-corrected chi connectivity index (χ1v) is 8.26. The minimum atomic E-state index is -1.31. The first-order chi connectivity index (χ1) is 11.9. The smallest absolute Gasteiger partial charge is 0.156 e. The third-order valence-corrected chi connectivity index (χ3v) is 3.93. The van der Waals surface area contributed by atoms with Gasteiger partial charge in [-0.25, -0.2) is 9.50 Å². The number of nitrogens with zero attached hydrogens (tertiary/aromatic N) is 3. The van der Waals surface area contributed by atoms with Crippen molar-refractivity contribution in [2.75, 3.05) is 6.61 Å². The number of rotatable bonds is 6. The fourth-order valence-corrected chi connectivity index (χ4v) is 2.51. The first kappa shape index (κ1) is 17.0. The lowest BCUT2D eigenvalue weighted by atomic mass is 10.1. The number of carbonyl (C=O) groups is 1. The van der Waals surface area contributed by atoms with Gasteiger partial charge in [0.2, 0.25) is 0 Å². The third-order valence-electron chi connectivity index (χ3n) is 3.93. The molecular formula is C19H20N3O3-. The molecule has 130 valence electrons. The summed E-state index contributed by atoms with van der Waals surface area (Å²) >= 11 is 0. The summed E-state index contributed by atoms with van der Waals surface area (Å²) < 4.78 is 7.22. The van der Waals surface area contributed by atoms with E-state index in [4.69, 9.17) is 4.74 Å². The second-order valence-corrected chi connectivity index (χ2v) is 6.43. The molecular weight excluding hydrogens is 318 g/mol. The zero-order valence-corrected chi connectivity index (χ0v) is 14.5. The summed E-state index contributed by atoms with van der Waals surface area (Å²) in [5, 5.41) is 15.0. The maximum atomic E-state index is 11.0. The normalized spacial score (nSPS) is 11.2. The molecule has 3 aromatic rings. The van der Waals surface area contributed by atoms with E-state index < -0.39 is 5.97 Å². The molecule has 0 amide bonds. The molecule has 2 aromatic heterocycles. The molecule has 0 radical (unpaired) electrons. The van der Waals surface area contributed by atoms with Gasteiger partial charge in [-0.2, -0.15) is 5.10 Å². The predicted octanol–water partition coefficient (Wildman–Crippen LogP) is 2.49. The molecule has 6 nitrogen and oxygen atoms in total. The minimum Gasteiger partial charge on any atom is -0.543 e. The van der Waals surface area contributed by atoms with Gasteiger partial charge in [0.15, 0.2) is 5.65 Å². The van der Waals surface area contributed by atoms with Crippen molar-refractivity contribution in [1.82, 2.24) is 14.6 Å². The molecule has 0 spiro atoms. The van der Waals surface area contributed by atoms with Gasteiger partial charge in [0, 0.05) is 17.3 Å². The van der Waals surface area contributed by atoms with Crippen LogP contribution >= 0.6 is 0 Å². The summed E-state index contributed by atoms with van der Waals surface area (Å²) in [6.07, 6.45) is 1.02. The number of carboxylic acids is 1. The zero-order valence-electron chi connectivity index (χ0n) is 14.5. The van der Waals surface area contributed by atoms with Gasteiger partial charge in [-0.15, -0.1) is 0 Å². The maximum Gasteiger partial charge on any atom is 0.156 e. The van der Waals surface area contributed by atoms with Crippen molar-refractivity contribution < 1.29 is 14.6 Å². The second kappa shape index (κ2) is 6.93. The van der Waals surface area contributed by atoms with Crippen molar-refractivity contribution in [2.24, 2.45) is 5.92 Å². The lowest BCUT2D eigenvalue weighted by molar-refractivity contribution is -0.255. The highest BCUT2D eigenvalue weighted by atomic mass is 16.5. The Morgan fingerprint density at radius 2 is 1.96 bits per heavy atom. The van der Waals surface area contributed by atoms with Crippen LogP contribution in [0.25, 0.3) is 16.9 Å². The monoisotopic (exact) mass is 338 g/mol. The van der Waals surface area contributed by atoms with E-state index in [2.05, 4.69) is 23.9 Å². The molecule has 1 aromatic carbocycles. The molecule has 0 bridgehead atoms. The van der Waals surface area contributed by atoms with Crippen molar-refractivity contribution in [3.8, 4) is 17.0 Å². The van der Waals surface area contributed by atoms with Crippen molar-refractivity contribution >= 4 is 11.6 Å². The van der Waals surface area contributed by atoms with Gasteiger partial charge in [-0.1, -0.05) is 13.8 Å². The molecule has 0 saturated heterocycles. The maximum absolute atomic E-state index is 11.0. The number of aryl methyl sites for hydroxylation is 1. The van der Waals surface area contributed by atoms with Gasteiger partial charge >= 0.3 is 0 Å². The molecule has 0 unspecified atom stereocenters. The number of hydrogen-bond donors (Lipinski definition) is 0. The van der Waals surface area contributed by atoms with Crippen LogP contribution in [0.4, 0.5) is 0 Å². The van der Waals surface area contributed by atoms with E-state index in [0.717, 1.165) is 29.1 Å². The number of carboxylic acid groups (broad SMARTS) is 1. The molecule has 2 heterocycles. The van der Waals surface area contributed by atoms with Gasteiger partial charge in [-0.05, 0) is 49.6 Å². The number of fused-ring (bicyclic) bond motifs is 1. The number of carbonyl (C=O) groups excluding carboxylic acids is 1. The van der Waals surface area contributed by atoms with Crippen LogP contribution in [0.15, 0.2) is 36.4 Å². The van der Waals surface area contributed by atoms with E-state index >= 15 is 0 Å². The van der Waals surface area contributed by atoms with Crippen molar-refractivity contribution in [3.05, 3.63) is 47.8 Å². The molecule has 0 saturated carbocycles. The number of aromatic carboxylic acids is 1. The van der Waals surface area contributed by atoms with Gasteiger partial charge in [0.25, 0.3) is 0 Å². The van der Waals surface area contributed by atoms with E-state index in [1.54, 1.807) is 0 Å². The summed E-state index contributed by atoms with van der Waals surface area (Å²) in [6, 6.07) is 11.0. The second-order valence-electron chi connectivity index (χ2n) is 6.43. The summed E-state index contributed by atoms with van der Waals surface area (Å²) in [4.78, 5) is 15.5. The van der Waals surface area contributed by atoms with Crippen molar-refractivity contribution in [1.29, 1.82) is 0 Å². The van der Waals surface area contributed by atoms with Crippen LogP contribution < -0.4 is 9.84 Å². The molecule has 0 aliphatic heterocycles. The van der Waals surface area contributed by atoms with E-state index in [9.17, 15) is 9.90 Å². The minimum absolute atomic E-state index is 0.123. The standard InChI is InChI=1S/C19H21N3O3/c1-12(2)8-9-25-15-6-4-14(5-7-15)16-10-13(3)22-18(20-16)11-17(21-22)19(23)24/h4-7,10-12H,8-9H2,1-3H3,(H,23,24)/p-1. The molecule has 0 atom stereocenters. The molecule has 0 aliphatic rings. The van der Waals surface area contributed by atoms with Crippen LogP contribution in [0.1, 0.15) is 36.5 Å². The van der Waals surface area contributed by atoms with Crippen LogP contribution in [0.2, 0.25) is 0 Å². The van der Waals surface area contributed by atoms with Crippen LogP contribution in [0, 0.1) is 12.8 Å². The van der Waals surface area contributed by atoms with Gasteiger partial charge in [0.1, 0.15) is 11.4 Å². The predicted molar refractivity (Wildman–Crippen MR) is 92.4 cm³/mol. The summed E-state index contributed by atoms with van der Waals surface area (Å²) in [6.45, 7) is 6.88. The van der Waals surface area contributed by atoms with Crippen LogP contribution in [-0.2, 0) is 0 Å². The van der Waals surface area contributed by atoms with Gasteiger partial charge in [0.05, 0.1) is 18.3 Å². The number of benzene rings is 1. The Balaban J connectivity index is 1.84. The average Bonchev–Trinajstić information content (AvgIpc) is 3.00. The van der Waals surface area contributed by atoms with Crippen molar-refractivity contribution in [3.63, 3.8) is 0 Å². The molecule has 0 aliphatic carbocycles. The summed E-state index contributed by atoms with van der Waals surface area (Å²) in [5.41, 5.74) is 2.83. The lowest BCUT2D eigenvalue weighted by Gasteiger charge is -2.09. The lowest BCUT2D eigenvalue weighted by Crippen LogP contribution is -2.22. The largest absolute Gasteiger partial charge is 0.543 e. The van der Waals surface area contributed by atoms with E-state index in [-0.39, 0.29) is 5.69 Å². The molecule has 0 fully saturated rings. The molecule has 3 rings (SSSR count). The highest BCUT2D eigenvalue weighted by molar-refractivity contribution is 5.85. The third kappa shape index (κ3) is 3.79. The summed E-state index contributed by atoms with van der Waals surface area (Å²) in [5.74, 6) is 0.125. The number of ether oxygens (including phenoxy) is 1. The van der Waals surface area contributed by atoms with Gasteiger partial charge < -0.3 is 14.6 Å². The number of aromatic nitrogens is 3. The fraction of sp³-hybridized carbons (Fsp3) is 0.316.